The van der Waals surface area contributed by atoms with E-state index in [9.17, 15) is 4.79 Å². The first-order valence-corrected chi connectivity index (χ1v) is 9.74. The van der Waals surface area contributed by atoms with Crippen LogP contribution in [0.3, 0.4) is 0 Å². The van der Waals surface area contributed by atoms with Gasteiger partial charge in [0.2, 0.25) is 0 Å². The smallest absolute Gasteiger partial charge is 0.251 e. The van der Waals surface area contributed by atoms with Crippen LogP contribution < -0.4 is 14.8 Å². The Hall–Kier alpha value is -2.80. The Morgan fingerprint density at radius 2 is 1.96 bits per heavy atom. The number of hydrogen-bond donors (Lipinski definition) is 1. The molecular formula is C21H22BrN3O3. The molecule has 0 unspecified atom stereocenters. The van der Waals surface area contributed by atoms with Gasteiger partial charge in [0.05, 0.1) is 30.0 Å². The molecule has 0 aliphatic heterocycles. The number of nitrogens with one attached hydrogen (secondary N) is 1. The molecule has 0 fully saturated rings. The Kier molecular flexibility index (Phi) is 6.71. The van der Waals surface area contributed by atoms with Crippen LogP contribution in [0, 0.1) is 0 Å². The van der Waals surface area contributed by atoms with Crippen molar-refractivity contribution in [1.82, 2.24) is 15.1 Å². The highest BCUT2D eigenvalue weighted by atomic mass is 79.9. The number of rotatable bonds is 8. The van der Waals surface area contributed by atoms with E-state index in [0.717, 1.165) is 22.3 Å². The van der Waals surface area contributed by atoms with E-state index in [1.807, 2.05) is 54.1 Å². The summed E-state index contributed by atoms with van der Waals surface area (Å²) < 4.78 is 13.9. The molecule has 1 heterocycles. The number of nitrogens with zero attached hydrogens (tertiary/aromatic N) is 2. The summed E-state index contributed by atoms with van der Waals surface area (Å²) in [6.07, 6.45) is 1.74. The Morgan fingerprint density at radius 1 is 1.18 bits per heavy atom. The molecule has 0 bridgehead atoms. The molecule has 7 heteroatoms. The van der Waals surface area contributed by atoms with Crippen LogP contribution in [0.1, 0.15) is 28.5 Å². The monoisotopic (exact) mass is 443 g/mol. The summed E-state index contributed by atoms with van der Waals surface area (Å²) in [7, 11) is 1.61. The molecule has 0 spiro atoms. The number of aromatic nitrogens is 2. The highest BCUT2D eigenvalue weighted by Crippen LogP contribution is 2.26. The highest BCUT2D eigenvalue weighted by molar-refractivity contribution is 9.10. The minimum atomic E-state index is -0.144. The Labute approximate surface area is 172 Å². The molecule has 1 N–H and O–H groups in total. The van der Waals surface area contributed by atoms with Gasteiger partial charge < -0.3 is 14.8 Å². The van der Waals surface area contributed by atoms with Gasteiger partial charge in [-0.25, -0.2) is 0 Å². The fraction of sp³-hybridized carbons (Fsp3) is 0.238. The van der Waals surface area contributed by atoms with Gasteiger partial charge in [0, 0.05) is 12.1 Å². The summed E-state index contributed by atoms with van der Waals surface area (Å²) >= 11 is 3.47. The molecule has 2 aromatic carbocycles. The van der Waals surface area contributed by atoms with Gasteiger partial charge >= 0.3 is 0 Å². The molecule has 0 atom stereocenters. The van der Waals surface area contributed by atoms with E-state index in [-0.39, 0.29) is 5.91 Å². The van der Waals surface area contributed by atoms with Crippen LogP contribution in [-0.2, 0) is 19.7 Å². The van der Waals surface area contributed by atoms with Gasteiger partial charge in [-0.05, 0) is 52.7 Å². The fourth-order valence-electron chi connectivity index (χ4n) is 2.80. The average Bonchev–Trinajstić information content (AvgIpc) is 3.10. The van der Waals surface area contributed by atoms with Gasteiger partial charge in [-0.3, -0.25) is 9.48 Å². The van der Waals surface area contributed by atoms with Crippen molar-refractivity contribution in [3.8, 4) is 11.5 Å². The number of para-hydroxylation sites is 2. The van der Waals surface area contributed by atoms with Gasteiger partial charge in [-0.2, -0.15) is 5.10 Å². The maximum atomic E-state index is 12.6. The van der Waals surface area contributed by atoms with Crippen LogP contribution in [0.4, 0.5) is 0 Å². The average molecular weight is 444 g/mol. The first kappa shape index (κ1) is 19.9. The van der Waals surface area contributed by atoms with Crippen molar-refractivity contribution >= 4 is 21.8 Å². The van der Waals surface area contributed by atoms with Crippen molar-refractivity contribution in [1.29, 1.82) is 0 Å². The van der Waals surface area contributed by atoms with Crippen molar-refractivity contribution in [2.45, 2.75) is 26.6 Å². The van der Waals surface area contributed by atoms with E-state index >= 15 is 0 Å². The molecule has 0 radical (unpaired) electrons. The van der Waals surface area contributed by atoms with Crippen molar-refractivity contribution in [3.05, 3.63) is 76.0 Å². The molecule has 1 aromatic heterocycles. The molecule has 0 saturated carbocycles. The van der Waals surface area contributed by atoms with E-state index in [1.54, 1.807) is 19.4 Å². The lowest BCUT2D eigenvalue weighted by Crippen LogP contribution is -2.24. The lowest BCUT2D eigenvalue weighted by Gasteiger charge is -2.11. The third kappa shape index (κ3) is 4.72. The SMILES string of the molecule is CCn1ncc(Br)c1CNC(=O)c1cccc(COc2ccccc2OC)c1. The number of methoxy groups -OCH3 is 1. The van der Waals surface area contributed by atoms with Crippen molar-refractivity contribution in [3.63, 3.8) is 0 Å². The Bertz CT molecular complexity index is 956. The molecular weight excluding hydrogens is 422 g/mol. The molecule has 0 aliphatic carbocycles. The summed E-state index contributed by atoms with van der Waals surface area (Å²) in [6, 6.07) is 14.9. The minimum Gasteiger partial charge on any atom is -0.493 e. The van der Waals surface area contributed by atoms with Gasteiger partial charge in [0.1, 0.15) is 6.61 Å². The van der Waals surface area contributed by atoms with Gasteiger partial charge in [-0.15, -0.1) is 0 Å². The molecule has 28 heavy (non-hydrogen) atoms. The molecule has 146 valence electrons. The summed E-state index contributed by atoms with van der Waals surface area (Å²) in [6.45, 7) is 3.49. The van der Waals surface area contributed by atoms with E-state index in [1.165, 1.54) is 0 Å². The van der Waals surface area contributed by atoms with Crippen LogP contribution >= 0.6 is 15.9 Å². The van der Waals surface area contributed by atoms with Crippen molar-refractivity contribution < 1.29 is 14.3 Å². The lowest BCUT2D eigenvalue weighted by molar-refractivity contribution is 0.0949. The van der Waals surface area contributed by atoms with E-state index < -0.39 is 0 Å². The quantitative estimate of drug-likeness (QED) is 0.566. The first-order chi connectivity index (χ1) is 13.6. The molecule has 1 amide bonds. The number of benzene rings is 2. The van der Waals surface area contributed by atoms with Crippen molar-refractivity contribution in [2.24, 2.45) is 0 Å². The fourth-order valence-corrected chi connectivity index (χ4v) is 3.24. The van der Waals surface area contributed by atoms with Gasteiger partial charge in [0.25, 0.3) is 5.91 Å². The van der Waals surface area contributed by atoms with Crippen LogP contribution in [0.25, 0.3) is 0 Å². The van der Waals surface area contributed by atoms with E-state index in [2.05, 4.69) is 26.3 Å². The molecule has 3 rings (SSSR count). The zero-order valence-electron chi connectivity index (χ0n) is 15.8. The van der Waals surface area contributed by atoms with Crippen LogP contribution in [0.5, 0.6) is 11.5 Å². The lowest BCUT2D eigenvalue weighted by atomic mass is 10.1. The van der Waals surface area contributed by atoms with E-state index in [0.29, 0.717) is 30.2 Å². The number of aryl methyl sites for hydroxylation is 1. The van der Waals surface area contributed by atoms with Gasteiger partial charge in [-0.1, -0.05) is 24.3 Å². The summed E-state index contributed by atoms with van der Waals surface area (Å²) in [5, 5.41) is 7.20. The third-order valence-electron chi connectivity index (χ3n) is 4.27. The van der Waals surface area contributed by atoms with Crippen LogP contribution in [-0.4, -0.2) is 22.8 Å². The molecule has 6 nitrogen and oxygen atoms in total. The number of hydrogen-bond acceptors (Lipinski definition) is 4. The second kappa shape index (κ2) is 9.41. The largest absolute Gasteiger partial charge is 0.493 e. The number of ether oxygens (including phenoxy) is 2. The second-order valence-electron chi connectivity index (χ2n) is 6.08. The maximum Gasteiger partial charge on any atom is 0.251 e. The Morgan fingerprint density at radius 3 is 2.71 bits per heavy atom. The highest BCUT2D eigenvalue weighted by Gasteiger charge is 2.11. The maximum absolute atomic E-state index is 12.6. The van der Waals surface area contributed by atoms with Crippen molar-refractivity contribution in [2.75, 3.05) is 7.11 Å². The van der Waals surface area contributed by atoms with E-state index in [4.69, 9.17) is 9.47 Å². The summed E-state index contributed by atoms with van der Waals surface area (Å²) in [5.41, 5.74) is 2.42. The second-order valence-corrected chi connectivity index (χ2v) is 6.93. The minimum absolute atomic E-state index is 0.144. The third-order valence-corrected chi connectivity index (χ3v) is 4.93. The summed E-state index contributed by atoms with van der Waals surface area (Å²) in [4.78, 5) is 12.6. The number of halogens is 1. The predicted octanol–water partition coefficient (Wildman–Crippen LogP) is 4.18. The van der Waals surface area contributed by atoms with Crippen LogP contribution in [0.2, 0.25) is 0 Å². The molecule has 0 aliphatic rings. The first-order valence-electron chi connectivity index (χ1n) is 8.95. The van der Waals surface area contributed by atoms with Gasteiger partial charge in [0.15, 0.2) is 11.5 Å². The number of carbonyl (C=O) groups is 1. The zero-order chi connectivity index (χ0) is 19.9. The standard InChI is InChI=1S/C21H22BrN3O3/c1-3-25-18(17(22)12-24-25)13-23-21(26)16-8-6-7-15(11-16)14-28-20-10-5-4-9-19(20)27-2/h4-12H,3,13-14H2,1-2H3,(H,23,26). The predicted molar refractivity (Wildman–Crippen MR) is 111 cm³/mol. The number of carbonyl (C=O) groups excluding carboxylic acids is 1. The summed E-state index contributed by atoms with van der Waals surface area (Å²) in [5.74, 6) is 1.20. The zero-order valence-corrected chi connectivity index (χ0v) is 17.4. The number of amides is 1. The normalized spacial score (nSPS) is 10.5. The Balaban J connectivity index is 1.63. The topological polar surface area (TPSA) is 65.4 Å². The molecule has 0 saturated heterocycles. The molecule has 3 aromatic rings. The van der Waals surface area contributed by atoms with Crippen LogP contribution in [0.15, 0.2) is 59.2 Å².